The molecule has 1 N–H and O–H groups in total. The van der Waals surface area contributed by atoms with Gasteiger partial charge in [0.2, 0.25) is 0 Å². The van der Waals surface area contributed by atoms with Crippen molar-refractivity contribution in [2.24, 2.45) is 5.41 Å². The maximum atomic E-state index is 5.53. The molecule has 15 heavy (non-hydrogen) atoms. The monoisotopic (exact) mass is 207 g/mol. The Bertz CT molecular complexity index is 269. The Labute approximate surface area is 92.6 Å². The Kier molecular flexibility index (Phi) is 4.63. The minimum Gasteiger partial charge on any atom is -0.478 e. The zero-order valence-electron chi connectivity index (χ0n) is 9.92. The smallest absolute Gasteiger partial charge is 0.139 e. The van der Waals surface area contributed by atoms with Crippen LogP contribution in [0.2, 0.25) is 0 Å². The molecule has 0 heterocycles. The highest BCUT2D eigenvalue weighted by Gasteiger charge is 2.13. The van der Waals surface area contributed by atoms with Crippen LogP contribution in [0.25, 0.3) is 0 Å². The van der Waals surface area contributed by atoms with Gasteiger partial charge in [0.15, 0.2) is 0 Å². The molecule has 84 valence electrons. The first-order valence-corrected chi connectivity index (χ1v) is 5.52. The predicted octanol–water partition coefficient (Wildman–Crippen LogP) is 3.05. The second kappa shape index (κ2) is 5.76. The van der Waals surface area contributed by atoms with Gasteiger partial charge in [-0.15, -0.1) is 0 Å². The summed E-state index contributed by atoms with van der Waals surface area (Å²) in [4.78, 5) is 0. The van der Waals surface area contributed by atoms with Crippen molar-refractivity contribution in [3.05, 3.63) is 30.3 Å². The van der Waals surface area contributed by atoms with Crippen molar-refractivity contribution in [1.82, 2.24) is 5.32 Å². The van der Waals surface area contributed by atoms with E-state index in [0.29, 0.717) is 12.1 Å². The van der Waals surface area contributed by atoms with Gasteiger partial charge in [0.05, 0.1) is 0 Å². The van der Waals surface area contributed by atoms with Gasteiger partial charge in [-0.05, 0) is 24.0 Å². The fourth-order valence-corrected chi connectivity index (χ4v) is 1.17. The van der Waals surface area contributed by atoms with Crippen LogP contribution in [0.15, 0.2) is 30.3 Å². The molecule has 0 spiro atoms. The Morgan fingerprint density at radius 3 is 2.47 bits per heavy atom. The number of hydrogen-bond donors (Lipinski definition) is 1. The highest BCUT2D eigenvalue weighted by atomic mass is 16.5. The van der Waals surface area contributed by atoms with Gasteiger partial charge in [-0.1, -0.05) is 39.0 Å². The Hall–Kier alpha value is -1.02. The lowest BCUT2D eigenvalue weighted by Crippen LogP contribution is -2.31. The normalized spacial score (nSPS) is 11.4. The molecule has 0 unspecified atom stereocenters. The number of ether oxygens (including phenoxy) is 1. The zero-order valence-corrected chi connectivity index (χ0v) is 9.92. The molecule has 0 aliphatic rings. The van der Waals surface area contributed by atoms with Gasteiger partial charge in [-0.2, -0.15) is 0 Å². The van der Waals surface area contributed by atoms with E-state index in [1.165, 1.54) is 6.42 Å². The van der Waals surface area contributed by atoms with Crippen molar-refractivity contribution >= 4 is 0 Å². The molecule has 0 atom stereocenters. The summed E-state index contributed by atoms with van der Waals surface area (Å²) in [5, 5.41) is 3.30. The fraction of sp³-hybridized carbons (Fsp3) is 0.538. The molecule has 0 saturated heterocycles. The molecule has 0 aliphatic heterocycles. The van der Waals surface area contributed by atoms with Crippen molar-refractivity contribution in [1.29, 1.82) is 0 Å². The van der Waals surface area contributed by atoms with Crippen LogP contribution in [0.1, 0.15) is 27.2 Å². The summed E-state index contributed by atoms with van der Waals surface area (Å²) >= 11 is 0. The van der Waals surface area contributed by atoms with Crippen LogP contribution in [-0.2, 0) is 0 Å². The van der Waals surface area contributed by atoms with Crippen molar-refractivity contribution in [3.63, 3.8) is 0 Å². The molecule has 0 aliphatic carbocycles. The first kappa shape index (κ1) is 12.1. The average molecular weight is 207 g/mol. The largest absolute Gasteiger partial charge is 0.478 e. The number of benzene rings is 1. The van der Waals surface area contributed by atoms with E-state index in [-0.39, 0.29) is 0 Å². The average Bonchev–Trinajstić information content (AvgIpc) is 2.26. The van der Waals surface area contributed by atoms with Crippen LogP contribution in [0.3, 0.4) is 0 Å². The first-order valence-electron chi connectivity index (χ1n) is 5.52. The standard InChI is InChI=1S/C13H21NO/c1-4-13(2,3)10-14-11-15-12-8-6-5-7-9-12/h5-9,14H,4,10-11H2,1-3H3. The molecular formula is C13H21NO. The van der Waals surface area contributed by atoms with Crippen LogP contribution in [0, 0.1) is 5.41 Å². The molecule has 0 saturated carbocycles. The lowest BCUT2D eigenvalue weighted by molar-refractivity contribution is 0.241. The quantitative estimate of drug-likeness (QED) is 0.572. The summed E-state index contributed by atoms with van der Waals surface area (Å²) in [6, 6.07) is 9.87. The summed E-state index contributed by atoms with van der Waals surface area (Å²) in [7, 11) is 0. The third-order valence-electron chi connectivity index (χ3n) is 2.64. The Morgan fingerprint density at radius 1 is 1.20 bits per heavy atom. The van der Waals surface area contributed by atoms with E-state index in [1.54, 1.807) is 0 Å². The van der Waals surface area contributed by atoms with Crippen molar-refractivity contribution in [2.45, 2.75) is 27.2 Å². The van der Waals surface area contributed by atoms with Crippen LogP contribution >= 0.6 is 0 Å². The van der Waals surface area contributed by atoms with E-state index in [9.17, 15) is 0 Å². The molecule has 2 heteroatoms. The number of hydrogen-bond acceptors (Lipinski definition) is 2. The summed E-state index contributed by atoms with van der Waals surface area (Å²) in [5.41, 5.74) is 0.347. The van der Waals surface area contributed by atoms with Crippen molar-refractivity contribution in [3.8, 4) is 5.75 Å². The van der Waals surface area contributed by atoms with Crippen LogP contribution < -0.4 is 10.1 Å². The predicted molar refractivity (Wildman–Crippen MR) is 64.0 cm³/mol. The van der Waals surface area contributed by atoms with E-state index < -0.39 is 0 Å². The third-order valence-corrected chi connectivity index (χ3v) is 2.64. The van der Waals surface area contributed by atoms with Gasteiger partial charge in [-0.25, -0.2) is 0 Å². The topological polar surface area (TPSA) is 21.3 Å². The van der Waals surface area contributed by atoms with Crippen LogP contribution in [0.4, 0.5) is 0 Å². The fourth-order valence-electron chi connectivity index (χ4n) is 1.17. The van der Waals surface area contributed by atoms with E-state index in [0.717, 1.165) is 12.3 Å². The molecule has 0 bridgehead atoms. The van der Waals surface area contributed by atoms with Crippen LogP contribution in [-0.4, -0.2) is 13.3 Å². The Morgan fingerprint density at radius 2 is 1.87 bits per heavy atom. The summed E-state index contributed by atoms with van der Waals surface area (Å²) in [6.45, 7) is 8.27. The molecule has 0 fully saturated rings. The third kappa shape index (κ3) is 4.84. The second-order valence-corrected chi connectivity index (χ2v) is 4.55. The SMILES string of the molecule is CCC(C)(C)CNCOc1ccccc1. The lowest BCUT2D eigenvalue weighted by atomic mass is 9.90. The molecule has 0 aromatic heterocycles. The highest BCUT2D eigenvalue weighted by Crippen LogP contribution is 2.17. The number of para-hydroxylation sites is 1. The number of nitrogens with one attached hydrogen (secondary N) is 1. The second-order valence-electron chi connectivity index (χ2n) is 4.55. The molecule has 1 rings (SSSR count). The zero-order chi connectivity index (χ0) is 11.1. The van der Waals surface area contributed by atoms with Gasteiger partial charge < -0.3 is 4.74 Å². The summed E-state index contributed by atoms with van der Waals surface area (Å²) < 4.78 is 5.53. The van der Waals surface area contributed by atoms with Crippen molar-refractivity contribution < 1.29 is 4.74 Å². The lowest BCUT2D eigenvalue weighted by Gasteiger charge is -2.22. The van der Waals surface area contributed by atoms with E-state index in [2.05, 4.69) is 26.1 Å². The molecular weight excluding hydrogens is 186 g/mol. The molecule has 1 aromatic carbocycles. The van der Waals surface area contributed by atoms with Gasteiger partial charge in [-0.3, -0.25) is 5.32 Å². The molecule has 2 nitrogen and oxygen atoms in total. The van der Waals surface area contributed by atoms with Crippen LogP contribution in [0.5, 0.6) is 5.75 Å². The van der Waals surface area contributed by atoms with Gasteiger partial charge in [0.1, 0.15) is 12.5 Å². The Balaban J connectivity index is 2.18. The molecule has 1 aromatic rings. The maximum Gasteiger partial charge on any atom is 0.139 e. The van der Waals surface area contributed by atoms with E-state index in [1.807, 2.05) is 30.3 Å². The minimum atomic E-state index is 0.347. The van der Waals surface area contributed by atoms with E-state index in [4.69, 9.17) is 4.74 Å². The number of rotatable bonds is 6. The van der Waals surface area contributed by atoms with Gasteiger partial charge >= 0.3 is 0 Å². The maximum absolute atomic E-state index is 5.53. The highest BCUT2D eigenvalue weighted by molar-refractivity contribution is 5.20. The molecule has 0 amide bonds. The minimum absolute atomic E-state index is 0.347. The molecule has 0 radical (unpaired) electrons. The summed E-state index contributed by atoms with van der Waals surface area (Å²) in [6.07, 6.45) is 1.17. The van der Waals surface area contributed by atoms with Crippen molar-refractivity contribution in [2.75, 3.05) is 13.3 Å². The summed E-state index contributed by atoms with van der Waals surface area (Å²) in [5.74, 6) is 0.916. The van der Waals surface area contributed by atoms with Gasteiger partial charge in [0.25, 0.3) is 0 Å². The van der Waals surface area contributed by atoms with Gasteiger partial charge in [0, 0.05) is 6.54 Å². The van der Waals surface area contributed by atoms with E-state index >= 15 is 0 Å². The first-order chi connectivity index (χ1) is 7.14.